The van der Waals surface area contributed by atoms with E-state index in [0.29, 0.717) is 29.6 Å². The van der Waals surface area contributed by atoms with Crippen molar-refractivity contribution >= 4 is 17.6 Å². The minimum atomic E-state index is -1.12. The number of carboxylic acids is 1. The number of carbonyl (C=O) groups excluding carboxylic acids is 1. The van der Waals surface area contributed by atoms with Gasteiger partial charge in [0.2, 0.25) is 5.91 Å². The van der Waals surface area contributed by atoms with E-state index in [2.05, 4.69) is 22.6 Å². The van der Waals surface area contributed by atoms with Crippen molar-refractivity contribution in [3.8, 4) is 5.69 Å². The molecule has 1 fully saturated rings. The maximum Gasteiger partial charge on any atom is 0.358 e. The van der Waals surface area contributed by atoms with Crippen molar-refractivity contribution in [2.75, 3.05) is 5.32 Å². The Kier molecular flexibility index (Phi) is 4.10. The molecule has 1 aromatic heterocycles. The van der Waals surface area contributed by atoms with E-state index in [1.807, 2.05) is 0 Å². The number of benzene rings is 1. The lowest BCUT2D eigenvalue weighted by molar-refractivity contribution is -0.117. The van der Waals surface area contributed by atoms with Crippen molar-refractivity contribution in [1.29, 1.82) is 0 Å². The van der Waals surface area contributed by atoms with Gasteiger partial charge in [-0.1, -0.05) is 12.1 Å². The zero-order valence-electron chi connectivity index (χ0n) is 12.8. The van der Waals surface area contributed by atoms with Crippen LogP contribution >= 0.6 is 0 Å². The monoisotopic (exact) mass is 314 g/mol. The molecule has 1 aliphatic carbocycles. The zero-order chi connectivity index (χ0) is 16.4. The third-order valence-electron chi connectivity index (χ3n) is 4.06. The lowest BCUT2D eigenvalue weighted by Gasteiger charge is -2.10. The molecule has 120 valence electrons. The molecule has 1 amide bonds. The second kappa shape index (κ2) is 6.20. The Balaban J connectivity index is 1.61. The predicted molar refractivity (Wildman–Crippen MR) is 83.5 cm³/mol. The molecule has 0 radical (unpaired) electrons. The highest BCUT2D eigenvalue weighted by atomic mass is 16.4. The number of nitrogens with zero attached hydrogens (tertiary/aromatic N) is 3. The Morgan fingerprint density at radius 2 is 2.04 bits per heavy atom. The molecule has 7 nitrogen and oxygen atoms in total. The van der Waals surface area contributed by atoms with Crippen molar-refractivity contribution < 1.29 is 14.7 Å². The van der Waals surface area contributed by atoms with Gasteiger partial charge in [0.1, 0.15) is 0 Å². The van der Waals surface area contributed by atoms with Gasteiger partial charge in [-0.15, -0.1) is 5.10 Å². The Hall–Kier alpha value is -2.70. The fourth-order valence-electron chi connectivity index (χ4n) is 2.52. The van der Waals surface area contributed by atoms with Crippen molar-refractivity contribution in [1.82, 2.24) is 15.0 Å². The zero-order valence-corrected chi connectivity index (χ0v) is 12.8. The number of aromatic carboxylic acids is 1. The van der Waals surface area contributed by atoms with Gasteiger partial charge < -0.3 is 10.4 Å². The SMILES string of the molecule is CC(CC(=O)Nc1ccc(-n2cc(C(=O)O)nn2)cc1)C1CC1. The number of carbonyl (C=O) groups is 2. The smallest absolute Gasteiger partial charge is 0.358 e. The molecule has 1 heterocycles. The molecule has 0 spiro atoms. The maximum absolute atomic E-state index is 12.0. The van der Waals surface area contributed by atoms with Crippen molar-refractivity contribution in [3.05, 3.63) is 36.2 Å². The van der Waals surface area contributed by atoms with Crippen LogP contribution in [0, 0.1) is 11.8 Å². The number of nitrogens with one attached hydrogen (secondary N) is 1. The third kappa shape index (κ3) is 3.74. The number of hydrogen-bond acceptors (Lipinski definition) is 4. The lowest BCUT2D eigenvalue weighted by atomic mass is 10.0. The van der Waals surface area contributed by atoms with Crippen LogP contribution in [0.2, 0.25) is 0 Å². The van der Waals surface area contributed by atoms with Crippen LogP contribution in [0.15, 0.2) is 30.5 Å². The first-order chi connectivity index (χ1) is 11.0. The summed E-state index contributed by atoms with van der Waals surface area (Å²) >= 11 is 0. The Morgan fingerprint density at radius 1 is 1.35 bits per heavy atom. The summed E-state index contributed by atoms with van der Waals surface area (Å²) in [4.78, 5) is 22.8. The van der Waals surface area contributed by atoms with Crippen LogP contribution in [0.4, 0.5) is 5.69 Å². The van der Waals surface area contributed by atoms with Crippen LogP contribution < -0.4 is 5.32 Å². The fourth-order valence-corrected chi connectivity index (χ4v) is 2.52. The van der Waals surface area contributed by atoms with Crippen LogP contribution in [0.25, 0.3) is 5.69 Å². The minimum absolute atomic E-state index is 0.0195. The molecular weight excluding hydrogens is 296 g/mol. The van der Waals surface area contributed by atoms with Crippen LogP contribution in [0.5, 0.6) is 0 Å². The van der Waals surface area contributed by atoms with Crippen molar-refractivity contribution in [3.63, 3.8) is 0 Å². The summed E-state index contributed by atoms with van der Waals surface area (Å²) in [6.45, 7) is 2.12. The van der Waals surface area contributed by atoms with E-state index in [4.69, 9.17) is 5.11 Å². The average molecular weight is 314 g/mol. The standard InChI is InChI=1S/C16H18N4O3/c1-10(11-2-3-11)8-15(21)17-12-4-6-13(7-5-12)20-9-14(16(22)23)18-19-20/h4-7,9-11H,2-3,8H2,1H3,(H,17,21)(H,22,23). The van der Waals surface area contributed by atoms with Gasteiger partial charge in [0.25, 0.3) is 0 Å². The van der Waals surface area contributed by atoms with Gasteiger partial charge >= 0.3 is 5.97 Å². The van der Waals surface area contributed by atoms with E-state index in [-0.39, 0.29) is 11.6 Å². The van der Waals surface area contributed by atoms with E-state index >= 15 is 0 Å². The summed E-state index contributed by atoms with van der Waals surface area (Å²) in [5.41, 5.74) is 1.27. The summed E-state index contributed by atoms with van der Waals surface area (Å²) in [6.07, 6.45) is 4.35. The largest absolute Gasteiger partial charge is 0.476 e. The van der Waals surface area contributed by atoms with E-state index in [0.717, 1.165) is 0 Å². The molecule has 1 aliphatic rings. The van der Waals surface area contributed by atoms with E-state index in [1.54, 1.807) is 24.3 Å². The number of aromatic nitrogens is 3. The summed E-state index contributed by atoms with van der Waals surface area (Å²) < 4.78 is 1.38. The molecule has 0 aliphatic heterocycles. The predicted octanol–water partition coefficient (Wildman–Crippen LogP) is 2.34. The normalized spacial score (nSPS) is 15.2. The first-order valence-corrected chi connectivity index (χ1v) is 7.59. The number of hydrogen-bond donors (Lipinski definition) is 2. The molecule has 0 bridgehead atoms. The van der Waals surface area contributed by atoms with Crippen LogP contribution in [0.1, 0.15) is 36.7 Å². The van der Waals surface area contributed by atoms with Gasteiger partial charge in [-0.25, -0.2) is 9.48 Å². The van der Waals surface area contributed by atoms with Gasteiger partial charge in [0.05, 0.1) is 11.9 Å². The fraction of sp³-hybridized carbons (Fsp3) is 0.375. The lowest BCUT2D eigenvalue weighted by Crippen LogP contribution is -2.16. The molecule has 1 aromatic carbocycles. The molecule has 2 N–H and O–H groups in total. The molecule has 1 atom stereocenters. The third-order valence-corrected chi connectivity index (χ3v) is 4.06. The van der Waals surface area contributed by atoms with Gasteiger partial charge in [0, 0.05) is 12.1 Å². The molecule has 0 saturated heterocycles. The topological polar surface area (TPSA) is 97.1 Å². The van der Waals surface area contributed by atoms with Gasteiger partial charge in [-0.2, -0.15) is 0 Å². The highest BCUT2D eigenvalue weighted by Gasteiger charge is 2.29. The average Bonchev–Trinajstić information content (AvgIpc) is 3.25. The van der Waals surface area contributed by atoms with Crippen molar-refractivity contribution in [2.24, 2.45) is 11.8 Å². The molecular formula is C16H18N4O3. The van der Waals surface area contributed by atoms with E-state index in [1.165, 1.54) is 23.7 Å². The summed E-state index contributed by atoms with van der Waals surface area (Å²) in [5, 5.41) is 19.0. The Labute approximate surface area is 133 Å². The molecule has 1 saturated carbocycles. The molecule has 7 heteroatoms. The summed E-state index contributed by atoms with van der Waals surface area (Å²) in [7, 11) is 0. The van der Waals surface area contributed by atoms with Gasteiger partial charge in [-0.05, 0) is 48.9 Å². The second-order valence-electron chi connectivity index (χ2n) is 5.97. The quantitative estimate of drug-likeness (QED) is 0.853. The summed E-state index contributed by atoms with van der Waals surface area (Å²) in [5.74, 6) is 0.0359. The van der Waals surface area contributed by atoms with Gasteiger partial charge in [0.15, 0.2) is 5.69 Å². The van der Waals surface area contributed by atoms with Crippen molar-refractivity contribution in [2.45, 2.75) is 26.2 Å². The van der Waals surface area contributed by atoms with Crippen LogP contribution in [0.3, 0.4) is 0 Å². The summed E-state index contributed by atoms with van der Waals surface area (Å²) in [6, 6.07) is 7.02. The maximum atomic E-state index is 12.0. The first-order valence-electron chi connectivity index (χ1n) is 7.59. The molecule has 1 unspecified atom stereocenters. The Bertz CT molecular complexity index is 719. The highest BCUT2D eigenvalue weighted by molar-refractivity contribution is 5.91. The number of rotatable bonds is 6. The first kappa shape index (κ1) is 15.2. The molecule has 3 rings (SSSR count). The minimum Gasteiger partial charge on any atom is -0.476 e. The second-order valence-corrected chi connectivity index (χ2v) is 5.97. The van der Waals surface area contributed by atoms with E-state index in [9.17, 15) is 9.59 Å². The number of amides is 1. The van der Waals surface area contributed by atoms with Crippen LogP contribution in [-0.4, -0.2) is 32.0 Å². The Morgan fingerprint density at radius 3 is 2.61 bits per heavy atom. The van der Waals surface area contributed by atoms with Gasteiger partial charge in [-0.3, -0.25) is 4.79 Å². The van der Waals surface area contributed by atoms with E-state index < -0.39 is 5.97 Å². The molecule has 2 aromatic rings. The highest BCUT2D eigenvalue weighted by Crippen LogP contribution is 2.38. The number of anilines is 1. The van der Waals surface area contributed by atoms with Crippen LogP contribution in [-0.2, 0) is 4.79 Å². The molecule has 23 heavy (non-hydrogen) atoms. The number of carboxylic acid groups (broad SMARTS) is 1.